The zero-order valence-electron chi connectivity index (χ0n) is 19.3. The Morgan fingerprint density at radius 2 is 1.50 bits per heavy atom. The molecule has 2 heterocycles. The van der Waals surface area contributed by atoms with Crippen LogP contribution >= 0.6 is 23.2 Å². The van der Waals surface area contributed by atoms with Crippen molar-refractivity contribution in [3.8, 4) is 6.07 Å². The van der Waals surface area contributed by atoms with E-state index in [1.807, 2.05) is 6.07 Å². The highest BCUT2D eigenvalue weighted by atomic mass is 35.5. The Balaban J connectivity index is 1.86. The van der Waals surface area contributed by atoms with Gasteiger partial charge in [0.05, 0.1) is 11.6 Å². The minimum absolute atomic E-state index is 0.00964. The Labute approximate surface area is 224 Å². The molecule has 5 rings (SSSR count). The summed E-state index contributed by atoms with van der Waals surface area (Å²) < 4.78 is 46.7. The van der Waals surface area contributed by atoms with Crippen molar-refractivity contribution in [1.82, 2.24) is 5.32 Å². The normalized spacial score (nSPS) is 20.3. The highest BCUT2D eigenvalue weighted by molar-refractivity contribution is 6.31. The van der Waals surface area contributed by atoms with E-state index in [1.165, 1.54) is 65.6 Å². The van der Waals surface area contributed by atoms with Crippen molar-refractivity contribution in [2.75, 3.05) is 22.9 Å². The number of rotatable bonds is 4. The molecule has 1 spiro atoms. The van der Waals surface area contributed by atoms with Crippen LogP contribution in [0, 0.1) is 11.3 Å². The topological polar surface area (TPSA) is 85.7 Å². The van der Waals surface area contributed by atoms with Crippen LogP contribution in [0.2, 0.25) is 10.0 Å². The smallest absolute Gasteiger partial charge is 0.425 e. The van der Waals surface area contributed by atoms with E-state index >= 15 is 0 Å². The first-order valence-corrected chi connectivity index (χ1v) is 12.0. The zero-order valence-corrected chi connectivity index (χ0v) is 20.8. The average molecular weight is 561 g/mol. The number of hydrogen-bond donors (Lipinski definition) is 1. The number of ether oxygens (including phenoxy) is 1. The molecule has 2 saturated heterocycles. The van der Waals surface area contributed by atoms with Gasteiger partial charge in [0, 0.05) is 40.1 Å². The number of esters is 1. The molecule has 1 N–H and O–H groups in total. The van der Waals surface area contributed by atoms with Gasteiger partial charge in [-0.1, -0.05) is 35.3 Å². The summed E-state index contributed by atoms with van der Waals surface area (Å²) in [4.78, 5) is 29.2. The lowest BCUT2D eigenvalue weighted by Crippen LogP contribution is -2.77. The molecule has 0 aliphatic carbocycles. The predicted octanol–water partition coefficient (Wildman–Crippen LogP) is 5.61. The summed E-state index contributed by atoms with van der Waals surface area (Å²) in [5.41, 5.74) is -3.34. The molecule has 0 radical (unpaired) electrons. The van der Waals surface area contributed by atoms with Crippen LogP contribution in [0.1, 0.15) is 11.1 Å². The van der Waals surface area contributed by atoms with Crippen LogP contribution < -0.4 is 15.1 Å². The van der Waals surface area contributed by atoms with E-state index < -0.39 is 29.4 Å². The van der Waals surface area contributed by atoms with Gasteiger partial charge < -0.3 is 10.1 Å². The molecule has 194 valence electrons. The van der Waals surface area contributed by atoms with Crippen LogP contribution in [-0.4, -0.2) is 36.8 Å². The van der Waals surface area contributed by atoms with Crippen molar-refractivity contribution in [1.29, 1.82) is 5.26 Å². The first kappa shape index (κ1) is 25.9. The number of benzene rings is 3. The number of hydrogen-bond acceptors (Lipinski definition) is 5. The maximum atomic E-state index is 14.3. The molecule has 38 heavy (non-hydrogen) atoms. The number of anilines is 2. The van der Waals surface area contributed by atoms with Gasteiger partial charge in [-0.3, -0.25) is 4.90 Å². The van der Waals surface area contributed by atoms with Gasteiger partial charge in [-0.05, 0) is 60.7 Å². The molecule has 0 saturated carbocycles. The molecule has 1 atom stereocenters. The summed E-state index contributed by atoms with van der Waals surface area (Å²) in [6.45, 7) is -0.0687. The molecule has 12 heteroatoms. The fraction of sp³-hybridized carbons (Fsp3) is 0.192. The van der Waals surface area contributed by atoms with Crippen molar-refractivity contribution in [3.63, 3.8) is 0 Å². The zero-order chi connectivity index (χ0) is 27.3. The highest BCUT2D eigenvalue weighted by Crippen LogP contribution is 2.55. The van der Waals surface area contributed by atoms with E-state index in [1.54, 1.807) is 12.1 Å². The Hall–Kier alpha value is -3.78. The van der Waals surface area contributed by atoms with E-state index in [0.29, 0.717) is 15.7 Å². The summed E-state index contributed by atoms with van der Waals surface area (Å²) in [5.74, 6) is -2.49. The monoisotopic (exact) mass is 560 g/mol. The molecule has 2 fully saturated rings. The minimum Gasteiger partial charge on any atom is -0.425 e. The van der Waals surface area contributed by atoms with Crippen LogP contribution in [-0.2, 0) is 15.3 Å². The van der Waals surface area contributed by atoms with E-state index in [2.05, 4.69) is 5.32 Å². The molecule has 1 unspecified atom stereocenters. The maximum Gasteiger partial charge on any atom is 0.491 e. The lowest BCUT2D eigenvalue weighted by atomic mass is 9.75. The molecular formula is C26H17Cl2F3N4O3. The van der Waals surface area contributed by atoms with E-state index in [-0.39, 0.29) is 29.9 Å². The average Bonchev–Trinajstić information content (AvgIpc) is 3.10. The van der Waals surface area contributed by atoms with Gasteiger partial charge in [0.2, 0.25) is 5.72 Å². The molecule has 3 aromatic rings. The molecule has 7 nitrogen and oxygen atoms in total. The summed E-state index contributed by atoms with van der Waals surface area (Å²) >= 11 is 12.1. The second-order valence-corrected chi connectivity index (χ2v) is 9.64. The van der Waals surface area contributed by atoms with Crippen molar-refractivity contribution in [3.05, 3.63) is 94.0 Å². The standard InChI is InChI=1S/C26H17Cl2F3N4O3/c27-18-4-8-20(9-5-18)34-23(37)35(21-10-6-19(28)7-11-21)25(24(34)14-33-15-24,38-22(36)26(29,30)31)17-3-1-2-16(12-17)13-32/h1-12,33H,14-15H2. The first-order valence-electron chi connectivity index (χ1n) is 11.2. The second-order valence-electron chi connectivity index (χ2n) is 8.77. The van der Waals surface area contributed by atoms with Crippen molar-refractivity contribution < 1.29 is 27.5 Å². The Bertz CT molecular complexity index is 1450. The number of nitrogens with zero attached hydrogens (tertiary/aromatic N) is 3. The number of alkyl halides is 3. The van der Waals surface area contributed by atoms with Gasteiger partial charge in [0.25, 0.3) is 0 Å². The highest BCUT2D eigenvalue weighted by Gasteiger charge is 2.75. The van der Waals surface area contributed by atoms with Gasteiger partial charge >= 0.3 is 18.2 Å². The van der Waals surface area contributed by atoms with Gasteiger partial charge in [0.1, 0.15) is 5.54 Å². The number of urea groups is 1. The molecular weight excluding hydrogens is 544 g/mol. The van der Waals surface area contributed by atoms with Gasteiger partial charge in [-0.2, -0.15) is 18.4 Å². The van der Waals surface area contributed by atoms with Crippen molar-refractivity contribution in [2.24, 2.45) is 0 Å². The Kier molecular flexibility index (Phi) is 6.26. The molecule has 3 aromatic carbocycles. The number of nitriles is 1. The Morgan fingerprint density at radius 1 is 0.947 bits per heavy atom. The first-order chi connectivity index (χ1) is 18.0. The number of halogens is 5. The number of carbonyl (C=O) groups is 2. The van der Waals surface area contributed by atoms with Crippen LogP contribution in [0.25, 0.3) is 0 Å². The summed E-state index contributed by atoms with van der Waals surface area (Å²) in [7, 11) is 0. The van der Waals surface area contributed by atoms with Crippen molar-refractivity contribution in [2.45, 2.75) is 17.4 Å². The number of carbonyl (C=O) groups excluding carboxylic acids is 2. The Morgan fingerprint density at radius 3 is 1.97 bits per heavy atom. The van der Waals surface area contributed by atoms with Crippen LogP contribution in [0.3, 0.4) is 0 Å². The minimum atomic E-state index is -5.37. The summed E-state index contributed by atoms with van der Waals surface area (Å²) in [5, 5.41) is 13.3. The van der Waals surface area contributed by atoms with Gasteiger partial charge in [0.15, 0.2) is 0 Å². The predicted molar refractivity (Wildman–Crippen MR) is 134 cm³/mol. The van der Waals surface area contributed by atoms with E-state index in [4.69, 9.17) is 27.9 Å². The maximum absolute atomic E-state index is 14.3. The van der Waals surface area contributed by atoms with Crippen LogP contribution in [0.15, 0.2) is 72.8 Å². The SMILES string of the molecule is N#Cc1cccc(C2(OC(=O)C(F)(F)F)N(c3ccc(Cl)cc3)C(=O)N(c3ccc(Cl)cc3)C23CNC3)c1. The van der Waals surface area contributed by atoms with Gasteiger partial charge in [-0.25, -0.2) is 14.5 Å². The molecule has 2 aliphatic heterocycles. The molecule has 0 aromatic heterocycles. The van der Waals surface area contributed by atoms with E-state index in [9.17, 15) is 28.0 Å². The van der Waals surface area contributed by atoms with E-state index in [0.717, 1.165) is 4.90 Å². The molecule has 0 bridgehead atoms. The van der Waals surface area contributed by atoms with Crippen molar-refractivity contribution >= 4 is 46.6 Å². The fourth-order valence-corrected chi connectivity index (χ4v) is 5.21. The number of nitrogens with one attached hydrogen (secondary N) is 1. The molecule has 2 amide bonds. The lowest BCUT2D eigenvalue weighted by molar-refractivity contribution is -0.221. The van der Waals surface area contributed by atoms with Crippen LogP contribution in [0.5, 0.6) is 0 Å². The summed E-state index contributed by atoms with van der Waals surface area (Å²) in [6.07, 6.45) is -5.37. The lowest BCUT2D eigenvalue weighted by Gasteiger charge is -2.54. The van der Waals surface area contributed by atoms with Crippen LogP contribution in [0.4, 0.5) is 29.3 Å². The fourth-order valence-electron chi connectivity index (χ4n) is 4.96. The second kappa shape index (κ2) is 9.20. The quantitative estimate of drug-likeness (QED) is 0.419. The number of amides is 2. The third kappa shape index (κ3) is 3.86. The van der Waals surface area contributed by atoms with Gasteiger partial charge in [-0.15, -0.1) is 0 Å². The molecule has 2 aliphatic rings. The largest absolute Gasteiger partial charge is 0.491 e. The third-order valence-electron chi connectivity index (χ3n) is 6.62. The summed E-state index contributed by atoms with van der Waals surface area (Å²) in [6, 6.07) is 18.8. The third-order valence-corrected chi connectivity index (χ3v) is 7.12.